The van der Waals surface area contributed by atoms with Gasteiger partial charge in [0.2, 0.25) is 0 Å². The summed E-state index contributed by atoms with van der Waals surface area (Å²) in [7, 11) is 0. The molecule has 25 heavy (non-hydrogen) atoms. The van der Waals surface area contributed by atoms with Crippen LogP contribution >= 0.6 is 0 Å². The van der Waals surface area contributed by atoms with Gasteiger partial charge in [0.05, 0.1) is 18.0 Å². The molecule has 0 aliphatic heterocycles. The number of hydrazone groups is 1. The van der Waals surface area contributed by atoms with Gasteiger partial charge >= 0.3 is 11.9 Å². The molecule has 2 aromatic carbocycles. The first-order valence-corrected chi connectivity index (χ1v) is 7.46. The van der Waals surface area contributed by atoms with Crippen LogP contribution in [0.25, 0.3) is 0 Å². The number of rotatable bonds is 5. The first kappa shape index (κ1) is 16.2. The second-order valence-electron chi connectivity index (χ2n) is 5.00. The molecule has 0 unspecified atom stereocenters. The van der Waals surface area contributed by atoms with Gasteiger partial charge in [0, 0.05) is 0 Å². The minimum atomic E-state index is -0.435. The fourth-order valence-electron chi connectivity index (χ4n) is 1.99. The van der Waals surface area contributed by atoms with Crippen molar-refractivity contribution in [2.75, 3.05) is 0 Å². The zero-order chi connectivity index (χ0) is 17.5. The van der Waals surface area contributed by atoms with Crippen LogP contribution in [0.2, 0.25) is 0 Å². The predicted octanol–water partition coefficient (Wildman–Crippen LogP) is 3.26. The Morgan fingerprint density at radius 2 is 1.72 bits per heavy atom. The van der Waals surface area contributed by atoms with Gasteiger partial charge in [-0.1, -0.05) is 18.2 Å². The van der Waals surface area contributed by atoms with Crippen molar-refractivity contribution in [3.63, 3.8) is 0 Å². The maximum atomic E-state index is 12.0. The highest BCUT2D eigenvalue weighted by Crippen LogP contribution is 2.13. The van der Waals surface area contributed by atoms with Gasteiger partial charge in [0.15, 0.2) is 5.76 Å². The fraction of sp³-hybridized carbons (Fsp3) is 0. The summed E-state index contributed by atoms with van der Waals surface area (Å²) in [6.07, 6.45) is 2.89. The number of hydrogen-bond acceptors (Lipinski definition) is 5. The highest BCUT2D eigenvalue weighted by atomic mass is 16.5. The quantitative estimate of drug-likeness (QED) is 0.336. The molecule has 0 spiro atoms. The third-order valence-electron chi connectivity index (χ3n) is 3.22. The predicted molar refractivity (Wildman–Crippen MR) is 91.6 cm³/mol. The number of benzene rings is 2. The summed E-state index contributed by atoms with van der Waals surface area (Å²) >= 11 is 0. The van der Waals surface area contributed by atoms with E-state index in [-0.39, 0.29) is 5.76 Å². The van der Waals surface area contributed by atoms with Crippen LogP contribution in [0.5, 0.6) is 5.75 Å². The monoisotopic (exact) mass is 334 g/mol. The molecule has 124 valence electrons. The maximum absolute atomic E-state index is 12.0. The topological polar surface area (TPSA) is 80.9 Å². The van der Waals surface area contributed by atoms with Gasteiger partial charge in [-0.3, -0.25) is 4.79 Å². The second-order valence-corrected chi connectivity index (χ2v) is 5.00. The Hall–Kier alpha value is -3.67. The van der Waals surface area contributed by atoms with Crippen molar-refractivity contribution in [1.29, 1.82) is 0 Å². The SMILES string of the molecule is O=C(Oc1ccc(/C=N\NC(=O)c2ccco2)cc1)c1ccccc1. The number of hydrogen-bond donors (Lipinski definition) is 1. The third-order valence-corrected chi connectivity index (χ3v) is 3.22. The van der Waals surface area contributed by atoms with E-state index < -0.39 is 11.9 Å². The molecule has 0 aliphatic rings. The second kappa shape index (κ2) is 7.74. The van der Waals surface area contributed by atoms with E-state index in [9.17, 15) is 9.59 Å². The molecule has 1 amide bonds. The van der Waals surface area contributed by atoms with Crippen LogP contribution in [0.15, 0.2) is 82.5 Å². The molecule has 1 N–H and O–H groups in total. The minimum absolute atomic E-state index is 0.181. The zero-order valence-electron chi connectivity index (χ0n) is 13.1. The first-order chi connectivity index (χ1) is 12.2. The van der Waals surface area contributed by atoms with Gasteiger partial charge in [-0.2, -0.15) is 5.10 Å². The number of nitrogens with one attached hydrogen (secondary N) is 1. The normalized spacial score (nSPS) is 10.6. The average molecular weight is 334 g/mol. The first-order valence-electron chi connectivity index (χ1n) is 7.46. The Morgan fingerprint density at radius 3 is 2.40 bits per heavy atom. The van der Waals surface area contributed by atoms with Crippen molar-refractivity contribution in [2.45, 2.75) is 0 Å². The third kappa shape index (κ3) is 4.42. The van der Waals surface area contributed by atoms with Gasteiger partial charge in [-0.05, 0) is 54.1 Å². The summed E-state index contributed by atoms with van der Waals surface area (Å²) in [5, 5.41) is 3.84. The summed E-state index contributed by atoms with van der Waals surface area (Å²) in [5.41, 5.74) is 3.57. The summed E-state index contributed by atoms with van der Waals surface area (Å²) in [6.45, 7) is 0. The molecule has 6 heteroatoms. The molecule has 0 fully saturated rings. The summed E-state index contributed by atoms with van der Waals surface area (Å²) in [5.74, 6) is -0.256. The Bertz CT molecular complexity index is 870. The molecule has 3 rings (SSSR count). The molecule has 0 saturated heterocycles. The van der Waals surface area contributed by atoms with E-state index in [1.165, 1.54) is 12.5 Å². The van der Waals surface area contributed by atoms with Crippen LogP contribution in [0.4, 0.5) is 0 Å². The largest absolute Gasteiger partial charge is 0.459 e. The Labute approximate surface area is 143 Å². The van der Waals surface area contributed by atoms with Crippen LogP contribution in [0.1, 0.15) is 26.5 Å². The lowest BCUT2D eigenvalue weighted by molar-refractivity contribution is 0.0734. The molecule has 0 bridgehead atoms. The number of nitrogens with zero attached hydrogens (tertiary/aromatic N) is 1. The number of furan rings is 1. The van der Waals surface area contributed by atoms with E-state index in [1.807, 2.05) is 6.07 Å². The van der Waals surface area contributed by atoms with Crippen molar-refractivity contribution < 1.29 is 18.7 Å². The van der Waals surface area contributed by atoms with E-state index in [0.717, 1.165) is 5.56 Å². The van der Waals surface area contributed by atoms with Crippen LogP contribution in [-0.2, 0) is 0 Å². The number of carbonyl (C=O) groups is 2. The van der Waals surface area contributed by atoms with Crippen LogP contribution in [0, 0.1) is 0 Å². The van der Waals surface area contributed by atoms with E-state index in [0.29, 0.717) is 11.3 Å². The molecule has 6 nitrogen and oxygen atoms in total. The molecule has 0 aliphatic carbocycles. The number of carbonyl (C=O) groups excluding carboxylic acids is 2. The number of esters is 1. The summed E-state index contributed by atoms with van der Waals surface area (Å²) < 4.78 is 10.2. The molecule has 0 saturated carbocycles. The van der Waals surface area contributed by atoms with Crippen LogP contribution < -0.4 is 10.2 Å². The number of amides is 1. The summed E-state index contributed by atoms with van der Waals surface area (Å²) in [4.78, 5) is 23.6. The van der Waals surface area contributed by atoms with E-state index in [4.69, 9.17) is 9.15 Å². The van der Waals surface area contributed by atoms with Gasteiger partial charge < -0.3 is 9.15 Å². The lowest BCUT2D eigenvalue weighted by Crippen LogP contribution is -2.16. The smallest absolute Gasteiger partial charge is 0.343 e. The molecular formula is C19H14N2O4. The van der Waals surface area contributed by atoms with Gasteiger partial charge in [-0.25, -0.2) is 10.2 Å². The number of ether oxygens (including phenoxy) is 1. The van der Waals surface area contributed by atoms with Crippen molar-refractivity contribution in [2.24, 2.45) is 5.10 Å². The highest BCUT2D eigenvalue weighted by molar-refractivity contribution is 5.92. The molecule has 0 atom stereocenters. The lowest BCUT2D eigenvalue weighted by atomic mass is 10.2. The fourth-order valence-corrected chi connectivity index (χ4v) is 1.99. The Balaban J connectivity index is 1.56. The van der Waals surface area contributed by atoms with E-state index >= 15 is 0 Å². The highest BCUT2D eigenvalue weighted by Gasteiger charge is 2.08. The molecule has 1 aromatic heterocycles. The van der Waals surface area contributed by atoms with Crippen LogP contribution in [-0.4, -0.2) is 18.1 Å². The van der Waals surface area contributed by atoms with Crippen molar-refractivity contribution >= 4 is 18.1 Å². The molecule has 1 heterocycles. The maximum Gasteiger partial charge on any atom is 0.343 e. The molecule has 3 aromatic rings. The van der Waals surface area contributed by atoms with E-state index in [1.54, 1.807) is 60.7 Å². The zero-order valence-corrected chi connectivity index (χ0v) is 13.1. The van der Waals surface area contributed by atoms with Crippen LogP contribution in [0.3, 0.4) is 0 Å². The van der Waals surface area contributed by atoms with Crippen molar-refractivity contribution in [1.82, 2.24) is 5.43 Å². The molecule has 0 radical (unpaired) electrons. The van der Waals surface area contributed by atoms with Gasteiger partial charge in [-0.15, -0.1) is 0 Å². The van der Waals surface area contributed by atoms with Crippen molar-refractivity contribution in [3.8, 4) is 5.75 Å². The lowest BCUT2D eigenvalue weighted by Gasteiger charge is -2.04. The Morgan fingerprint density at radius 1 is 0.960 bits per heavy atom. The van der Waals surface area contributed by atoms with Crippen molar-refractivity contribution in [3.05, 3.63) is 89.9 Å². The summed E-state index contributed by atoms with van der Waals surface area (Å²) in [6, 6.07) is 18.6. The van der Waals surface area contributed by atoms with Gasteiger partial charge in [0.1, 0.15) is 5.75 Å². The average Bonchev–Trinajstić information content (AvgIpc) is 3.19. The standard InChI is InChI=1S/C19H14N2O4/c22-18(17-7-4-12-24-17)21-20-13-14-8-10-16(11-9-14)25-19(23)15-5-2-1-3-6-15/h1-13H,(H,21,22)/b20-13-. The van der Waals surface area contributed by atoms with E-state index in [2.05, 4.69) is 10.5 Å². The minimum Gasteiger partial charge on any atom is -0.459 e. The Kier molecular flexibility index (Phi) is 5.01. The van der Waals surface area contributed by atoms with Gasteiger partial charge in [0.25, 0.3) is 0 Å². The molecular weight excluding hydrogens is 320 g/mol.